The van der Waals surface area contributed by atoms with Crippen LogP contribution in [0.4, 0.5) is 10.8 Å². The summed E-state index contributed by atoms with van der Waals surface area (Å²) in [5, 5.41) is 1.20. The highest BCUT2D eigenvalue weighted by molar-refractivity contribution is 7.23. The van der Waals surface area contributed by atoms with Crippen molar-refractivity contribution in [3.8, 4) is 5.75 Å². The number of aromatic nitrogens is 1. The minimum atomic E-state index is -0.0914. The molecule has 1 amide bonds. The molecule has 3 rings (SSSR count). The van der Waals surface area contributed by atoms with Gasteiger partial charge in [-0.15, -0.1) is 0 Å². The second-order valence-corrected chi connectivity index (χ2v) is 8.51. The van der Waals surface area contributed by atoms with Gasteiger partial charge < -0.3 is 14.5 Å². The van der Waals surface area contributed by atoms with Crippen molar-refractivity contribution in [1.82, 2.24) is 9.88 Å². The largest absolute Gasteiger partial charge is 0.494 e. The van der Waals surface area contributed by atoms with E-state index in [9.17, 15) is 4.79 Å². The van der Waals surface area contributed by atoms with Gasteiger partial charge in [0, 0.05) is 38.4 Å². The molecule has 1 aromatic heterocycles. The van der Waals surface area contributed by atoms with E-state index in [2.05, 4.69) is 0 Å². The number of benzene rings is 2. The molecule has 0 bridgehead atoms. The number of thiazole rings is 1. The number of likely N-dealkylation sites (N-methyl/N-ethyl adjacent to an activating group) is 1. The normalized spacial score (nSPS) is 11.1. The predicted octanol–water partition coefficient (Wildman–Crippen LogP) is 4.23. The van der Waals surface area contributed by atoms with Crippen LogP contribution in [0.5, 0.6) is 5.75 Å². The number of amides is 1. The third kappa shape index (κ3) is 4.63. The molecule has 29 heavy (non-hydrogen) atoms. The van der Waals surface area contributed by atoms with E-state index in [0.29, 0.717) is 40.1 Å². The van der Waals surface area contributed by atoms with E-state index < -0.39 is 0 Å². The summed E-state index contributed by atoms with van der Waals surface area (Å²) >= 11 is 7.77. The minimum Gasteiger partial charge on any atom is -0.494 e. The van der Waals surface area contributed by atoms with E-state index in [1.165, 1.54) is 11.3 Å². The van der Waals surface area contributed by atoms with E-state index in [1.54, 1.807) is 24.1 Å². The Bertz CT molecular complexity index is 1000. The quantitative estimate of drug-likeness (QED) is 0.559. The minimum absolute atomic E-state index is 0.0914. The van der Waals surface area contributed by atoms with Gasteiger partial charge in [-0.1, -0.05) is 22.9 Å². The summed E-state index contributed by atoms with van der Waals surface area (Å²) in [6, 6.07) is 11.2. The zero-order valence-electron chi connectivity index (χ0n) is 17.3. The Labute approximate surface area is 180 Å². The zero-order valence-corrected chi connectivity index (χ0v) is 18.8. The molecule has 0 N–H and O–H groups in total. The smallest absolute Gasteiger partial charge is 0.260 e. The lowest BCUT2D eigenvalue weighted by Gasteiger charge is -2.22. The number of rotatable bonds is 7. The van der Waals surface area contributed by atoms with Crippen molar-refractivity contribution in [2.75, 3.05) is 58.2 Å². The number of ether oxygens (including phenoxy) is 1. The summed E-state index contributed by atoms with van der Waals surface area (Å²) in [4.78, 5) is 23.8. The van der Waals surface area contributed by atoms with Crippen molar-refractivity contribution in [3.63, 3.8) is 0 Å². The molecule has 3 aromatic rings. The average molecular weight is 433 g/mol. The Morgan fingerprint density at radius 2 is 1.76 bits per heavy atom. The van der Waals surface area contributed by atoms with Crippen LogP contribution in [0.2, 0.25) is 5.02 Å². The lowest BCUT2D eigenvalue weighted by Crippen LogP contribution is -2.36. The maximum absolute atomic E-state index is 13.4. The Morgan fingerprint density at radius 3 is 2.34 bits per heavy atom. The Balaban J connectivity index is 2.01. The van der Waals surface area contributed by atoms with Crippen LogP contribution < -0.4 is 14.5 Å². The first-order chi connectivity index (χ1) is 13.8. The van der Waals surface area contributed by atoms with Crippen molar-refractivity contribution in [2.45, 2.75) is 0 Å². The number of carbonyl (C=O) groups excluding carboxylic acids is 1. The molecule has 1 heterocycles. The summed E-state index contributed by atoms with van der Waals surface area (Å²) in [7, 11) is 9.50. The number of halogens is 1. The summed E-state index contributed by atoms with van der Waals surface area (Å²) in [5.41, 5.74) is 2.33. The van der Waals surface area contributed by atoms with Gasteiger partial charge in [0.1, 0.15) is 11.3 Å². The van der Waals surface area contributed by atoms with E-state index in [-0.39, 0.29) is 5.91 Å². The molecule has 6 nitrogen and oxygen atoms in total. The van der Waals surface area contributed by atoms with Gasteiger partial charge in [0.2, 0.25) is 0 Å². The van der Waals surface area contributed by atoms with Gasteiger partial charge in [0.25, 0.3) is 5.91 Å². The topological polar surface area (TPSA) is 48.9 Å². The number of hydrogen-bond donors (Lipinski definition) is 0. The van der Waals surface area contributed by atoms with Crippen molar-refractivity contribution in [1.29, 1.82) is 0 Å². The molecule has 0 aliphatic carbocycles. The van der Waals surface area contributed by atoms with Crippen molar-refractivity contribution in [3.05, 3.63) is 47.0 Å². The van der Waals surface area contributed by atoms with Gasteiger partial charge >= 0.3 is 0 Å². The SMILES string of the molecule is COc1ccc(Cl)c2sc(N(CCN(C)C)C(=O)c3ccc(N(C)C)cc3)nc12. The lowest BCUT2D eigenvalue weighted by molar-refractivity contribution is 0.0985. The van der Waals surface area contributed by atoms with Gasteiger partial charge in [0.15, 0.2) is 5.13 Å². The molecule has 0 saturated heterocycles. The predicted molar refractivity (Wildman–Crippen MR) is 122 cm³/mol. The summed E-state index contributed by atoms with van der Waals surface area (Å²) in [5.74, 6) is 0.550. The maximum Gasteiger partial charge on any atom is 0.260 e. The number of carbonyl (C=O) groups is 1. The third-order valence-electron chi connectivity index (χ3n) is 4.54. The van der Waals surface area contributed by atoms with Crippen LogP contribution in [0, 0.1) is 0 Å². The number of hydrogen-bond acceptors (Lipinski definition) is 6. The highest BCUT2D eigenvalue weighted by Crippen LogP contribution is 2.39. The molecule has 8 heteroatoms. The molecule has 0 aliphatic heterocycles. The Kier molecular flexibility index (Phi) is 6.62. The highest BCUT2D eigenvalue weighted by atomic mass is 35.5. The summed E-state index contributed by atoms with van der Waals surface area (Å²) in [6.45, 7) is 1.23. The van der Waals surface area contributed by atoms with Crippen LogP contribution in [-0.2, 0) is 0 Å². The second kappa shape index (κ2) is 8.98. The van der Waals surface area contributed by atoms with Crippen LogP contribution in [-0.4, -0.2) is 64.2 Å². The first kappa shape index (κ1) is 21.4. The fourth-order valence-electron chi connectivity index (χ4n) is 2.86. The molecule has 0 radical (unpaired) electrons. The summed E-state index contributed by atoms with van der Waals surface area (Å²) < 4.78 is 6.24. The molecule has 154 valence electrons. The molecule has 0 saturated carbocycles. The third-order valence-corrected chi connectivity index (χ3v) is 6.08. The van der Waals surface area contributed by atoms with E-state index >= 15 is 0 Å². The van der Waals surface area contributed by atoms with E-state index in [4.69, 9.17) is 21.3 Å². The van der Waals surface area contributed by atoms with E-state index in [0.717, 1.165) is 10.4 Å². The Hall–Kier alpha value is -2.35. The van der Waals surface area contributed by atoms with Gasteiger partial charge in [-0.25, -0.2) is 4.98 Å². The van der Waals surface area contributed by atoms with Gasteiger partial charge in [-0.3, -0.25) is 9.69 Å². The number of fused-ring (bicyclic) bond motifs is 1. The molecule has 0 aliphatic rings. The highest BCUT2D eigenvalue weighted by Gasteiger charge is 2.23. The zero-order chi connectivity index (χ0) is 21.1. The number of anilines is 2. The maximum atomic E-state index is 13.4. The average Bonchev–Trinajstić information content (AvgIpc) is 3.14. The van der Waals surface area contributed by atoms with Crippen molar-refractivity contribution < 1.29 is 9.53 Å². The second-order valence-electron chi connectivity index (χ2n) is 7.13. The fourth-order valence-corrected chi connectivity index (χ4v) is 4.14. The van der Waals surface area contributed by atoms with Crippen molar-refractivity contribution in [2.24, 2.45) is 0 Å². The monoisotopic (exact) mass is 432 g/mol. The molecular formula is C21H25ClN4O2S. The first-order valence-corrected chi connectivity index (χ1v) is 10.4. The Morgan fingerprint density at radius 1 is 1.07 bits per heavy atom. The number of nitrogens with zero attached hydrogens (tertiary/aromatic N) is 4. The van der Waals surface area contributed by atoms with Gasteiger partial charge in [-0.2, -0.15) is 0 Å². The molecule has 0 atom stereocenters. The first-order valence-electron chi connectivity index (χ1n) is 9.19. The lowest BCUT2D eigenvalue weighted by atomic mass is 10.1. The number of methoxy groups -OCH3 is 1. The molecule has 2 aromatic carbocycles. The van der Waals surface area contributed by atoms with Crippen LogP contribution in [0.1, 0.15) is 10.4 Å². The van der Waals surface area contributed by atoms with Crippen molar-refractivity contribution >= 4 is 49.9 Å². The van der Waals surface area contributed by atoms with Gasteiger partial charge in [-0.05, 0) is 50.5 Å². The summed E-state index contributed by atoms with van der Waals surface area (Å²) in [6.07, 6.45) is 0. The standard InChI is InChI=1S/C21H25ClN4O2S/c1-24(2)12-13-26(20(27)14-6-8-15(9-7-14)25(3)4)21-23-18-17(28-5)11-10-16(22)19(18)29-21/h6-11H,12-13H2,1-5H3. The van der Waals surface area contributed by atoms with Crippen LogP contribution in [0.3, 0.4) is 0 Å². The van der Waals surface area contributed by atoms with Gasteiger partial charge in [0.05, 0.1) is 16.8 Å². The molecule has 0 spiro atoms. The fraction of sp³-hybridized carbons (Fsp3) is 0.333. The molecular weight excluding hydrogens is 408 g/mol. The molecule has 0 unspecified atom stereocenters. The van der Waals surface area contributed by atoms with E-state index in [1.807, 2.05) is 62.3 Å². The van der Waals surface area contributed by atoms with Crippen LogP contribution in [0.25, 0.3) is 10.2 Å². The molecule has 0 fully saturated rings. The van der Waals surface area contributed by atoms with Crippen LogP contribution >= 0.6 is 22.9 Å². The van der Waals surface area contributed by atoms with Crippen LogP contribution in [0.15, 0.2) is 36.4 Å².